The van der Waals surface area contributed by atoms with Gasteiger partial charge in [-0.3, -0.25) is 4.79 Å². The Bertz CT molecular complexity index is 364. The van der Waals surface area contributed by atoms with Crippen LogP contribution in [0.1, 0.15) is 23.7 Å². The van der Waals surface area contributed by atoms with Gasteiger partial charge in [0.25, 0.3) is 5.91 Å². The van der Waals surface area contributed by atoms with Crippen molar-refractivity contribution in [1.82, 2.24) is 4.90 Å². The van der Waals surface area contributed by atoms with E-state index >= 15 is 0 Å². The number of carbonyl (C=O) groups excluding carboxylic acids is 1. The molecule has 1 amide bonds. The number of amides is 1. The molecule has 1 aromatic rings. The number of halogens is 1. The molecule has 17 heavy (non-hydrogen) atoms. The zero-order valence-electron chi connectivity index (χ0n) is 10.4. The minimum atomic E-state index is 0.0509. The van der Waals surface area contributed by atoms with Crippen molar-refractivity contribution in [3.63, 3.8) is 0 Å². The number of carbonyl (C=O) groups is 1. The summed E-state index contributed by atoms with van der Waals surface area (Å²) < 4.78 is 0. The molecule has 1 unspecified atom stereocenters. The molecule has 0 spiro atoms. The molecular weight excluding hydrogens is 254 g/mol. The summed E-state index contributed by atoms with van der Waals surface area (Å²) in [5.41, 5.74) is 0.729. The lowest BCUT2D eigenvalue weighted by molar-refractivity contribution is 0.0793. The van der Waals surface area contributed by atoms with Gasteiger partial charge in [0.2, 0.25) is 0 Å². The number of hydrogen-bond donors (Lipinski definition) is 0. The van der Waals surface area contributed by atoms with E-state index in [1.165, 1.54) is 4.90 Å². The van der Waals surface area contributed by atoms with Gasteiger partial charge < -0.3 is 4.90 Å². The highest BCUT2D eigenvalue weighted by atomic mass is 35.5. The highest BCUT2D eigenvalue weighted by Gasteiger charge is 2.11. The fourth-order valence-corrected chi connectivity index (χ4v) is 1.93. The third kappa shape index (κ3) is 4.60. The number of nitrogens with zero attached hydrogens (tertiary/aromatic N) is 1. The lowest BCUT2D eigenvalue weighted by Gasteiger charge is -2.17. The fourth-order valence-electron chi connectivity index (χ4n) is 1.43. The molecule has 1 atom stereocenters. The van der Waals surface area contributed by atoms with Gasteiger partial charge in [-0.15, -0.1) is 23.4 Å². The zero-order chi connectivity index (χ0) is 12.8. The molecule has 0 heterocycles. The molecule has 4 heteroatoms. The van der Waals surface area contributed by atoms with E-state index < -0.39 is 0 Å². The predicted molar refractivity (Wildman–Crippen MR) is 75.1 cm³/mol. The van der Waals surface area contributed by atoms with Crippen LogP contribution in [0.4, 0.5) is 0 Å². The molecule has 0 aliphatic heterocycles. The number of alkyl halides is 1. The van der Waals surface area contributed by atoms with Crippen molar-refractivity contribution in [2.24, 2.45) is 0 Å². The molecule has 2 nitrogen and oxygen atoms in total. The van der Waals surface area contributed by atoms with Crippen LogP contribution >= 0.6 is 23.4 Å². The van der Waals surface area contributed by atoms with Crippen LogP contribution in [0.5, 0.6) is 0 Å². The second kappa shape index (κ2) is 6.92. The highest BCUT2D eigenvalue weighted by Crippen LogP contribution is 2.15. The lowest BCUT2D eigenvalue weighted by atomic mass is 10.2. The summed E-state index contributed by atoms with van der Waals surface area (Å²) in [5, 5.41) is 0.101. The first-order valence-electron chi connectivity index (χ1n) is 5.58. The fraction of sp³-hybridized carbons (Fsp3) is 0.462. The summed E-state index contributed by atoms with van der Waals surface area (Å²) in [6.45, 7) is 2.63. The first-order chi connectivity index (χ1) is 8.04. The van der Waals surface area contributed by atoms with Gasteiger partial charge in [-0.05, 0) is 43.9 Å². The molecule has 0 aromatic heterocycles. The van der Waals surface area contributed by atoms with Crippen molar-refractivity contribution >= 4 is 29.3 Å². The molecule has 0 aliphatic carbocycles. The largest absolute Gasteiger partial charge is 0.342 e. The van der Waals surface area contributed by atoms with E-state index in [1.54, 1.807) is 16.7 Å². The highest BCUT2D eigenvalue weighted by molar-refractivity contribution is 7.98. The number of hydrogen-bond acceptors (Lipinski definition) is 2. The Hall–Kier alpha value is -0.670. The Kier molecular flexibility index (Phi) is 5.86. The van der Waals surface area contributed by atoms with Crippen molar-refractivity contribution in [3.8, 4) is 0 Å². The topological polar surface area (TPSA) is 20.3 Å². The van der Waals surface area contributed by atoms with E-state index in [-0.39, 0.29) is 11.3 Å². The predicted octanol–water partition coefficient (Wildman–Crippen LogP) is 3.50. The number of benzene rings is 1. The quantitative estimate of drug-likeness (QED) is 0.603. The summed E-state index contributed by atoms with van der Waals surface area (Å²) in [4.78, 5) is 14.9. The molecule has 0 bridgehead atoms. The average Bonchev–Trinajstić information content (AvgIpc) is 2.35. The summed E-state index contributed by atoms with van der Waals surface area (Å²) in [7, 11) is 1.81. The molecule has 0 fully saturated rings. The van der Waals surface area contributed by atoms with Crippen molar-refractivity contribution < 1.29 is 4.79 Å². The van der Waals surface area contributed by atoms with E-state index in [1.807, 2.05) is 44.5 Å². The van der Waals surface area contributed by atoms with Gasteiger partial charge in [0.05, 0.1) is 0 Å². The number of rotatable bonds is 5. The molecule has 0 N–H and O–H groups in total. The van der Waals surface area contributed by atoms with Gasteiger partial charge in [0, 0.05) is 29.4 Å². The zero-order valence-corrected chi connectivity index (χ0v) is 12.0. The van der Waals surface area contributed by atoms with Crippen LogP contribution in [-0.2, 0) is 0 Å². The van der Waals surface area contributed by atoms with Gasteiger partial charge >= 0.3 is 0 Å². The van der Waals surface area contributed by atoms with Crippen LogP contribution in [-0.4, -0.2) is 36.0 Å². The third-order valence-corrected chi connectivity index (χ3v) is 3.51. The smallest absolute Gasteiger partial charge is 0.253 e. The second-order valence-corrected chi connectivity index (χ2v) is 5.65. The van der Waals surface area contributed by atoms with E-state index in [9.17, 15) is 4.79 Å². The first-order valence-corrected chi connectivity index (χ1v) is 7.24. The van der Waals surface area contributed by atoms with E-state index in [2.05, 4.69) is 0 Å². The molecule has 0 aliphatic rings. The van der Waals surface area contributed by atoms with Gasteiger partial charge in [-0.1, -0.05) is 0 Å². The van der Waals surface area contributed by atoms with E-state index in [0.717, 1.165) is 12.0 Å². The van der Waals surface area contributed by atoms with Crippen LogP contribution in [0.2, 0.25) is 0 Å². The summed E-state index contributed by atoms with van der Waals surface area (Å²) in [5.74, 6) is 0.0509. The van der Waals surface area contributed by atoms with Crippen LogP contribution in [0, 0.1) is 0 Å². The first kappa shape index (κ1) is 14.4. The summed E-state index contributed by atoms with van der Waals surface area (Å²) >= 11 is 7.54. The maximum absolute atomic E-state index is 12.0. The summed E-state index contributed by atoms with van der Waals surface area (Å²) in [6.07, 6.45) is 2.83. The lowest BCUT2D eigenvalue weighted by Crippen LogP contribution is -2.28. The van der Waals surface area contributed by atoms with Crippen LogP contribution in [0.3, 0.4) is 0 Å². The molecule has 94 valence electrons. The van der Waals surface area contributed by atoms with Crippen molar-refractivity contribution in [2.45, 2.75) is 23.6 Å². The Morgan fingerprint density at radius 2 is 2.00 bits per heavy atom. The average molecular weight is 272 g/mol. The number of thioether (sulfide) groups is 1. The van der Waals surface area contributed by atoms with Gasteiger partial charge in [0.1, 0.15) is 0 Å². The van der Waals surface area contributed by atoms with Crippen molar-refractivity contribution in [3.05, 3.63) is 29.8 Å². The van der Waals surface area contributed by atoms with Crippen LogP contribution in [0.25, 0.3) is 0 Å². The van der Waals surface area contributed by atoms with Crippen LogP contribution in [0.15, 0.2) is 29.2 Å². The molecule has 0 radical (unpaired) electrons. The monoisotopic (exact) mass is 271 g/mol. The SMILES string of the molecule is CSc1ccc(C(=O)N(C)CCC(C)Cl)cc1. The minimum absolute atomic E-state index is 0.0509. The standard InChI is InChI=1S/C13H18ClNOS/c1-10(14)8-9-15(2)13(16)11-4-6-12(17-3)7-5-11/h4-7,10H,8-9H2,1-3H3. The normalized spacial score (nSPS) is 12.2. The van der Waals surface area contributed by atoms with Crippen molar-refractivity contribution in [2.75, 3.05) is 19.8 Å². The Balaban J connectivity index is 2.61. The Morgan fingerprint density at radius 3 is 2.47 bits per heavy atom. The molecule has 1 aromatic carbocycles. The second-order valence-electron chi connectivity index (χ2n) is 4.02. The maximum atomic E-state index is 12.0. The minimum Gasteiger partial charge on any atom is -0.342 e. The van der Waals surface area contributed by atoms with Gasteiger partial charge in [-0.2, -0.15) is 0 Å². The Morgan fingerprint density at radius 1 is 1.41 bits per heavy atom. The molecular formula is C13H18ClNOS. The van der Waals surface area contributed by atoms with E-state index in [0.29, 0.717) is 6.54 Å². The molecule has 1 rings (SSSR count). The Labute approximate surface area is 112 Å². The van der Waals surface area contributed by atoms with Crippen molar-refractivity contribution in [1.29, 1.82) is 0 Å². The third-order valence-electron chi connectivity index (χ3n) is 2.55. The van der Waals surface area contributed by atoms with Crippen LogP contribution < -0.4 is 0 Å². The molecule has 0 saturated carbocycles. The van der Waals surface area contributed by atoms with Gasteiger partial charge in [-0.25, -0.2) is 0 Å². The van der Waals surface area contributed by atoms with E-state index in [4.69, 9.17) is 11.6 Å². The summed E-state index contributed by atoms with van der Waals surface area (Å²) in [6, 6.07) is 7.68. The van der Waals surface area contributed by atoms with Gasteiger partial charge in [0.15, 0.2) is 0 Å². The molecule has 0 saturated heterocycles. The maximum Gasteiger partial charge on any atom is 0.253 e.